The van der Waals surface area contributed by atoms with Gasteiger partial charge < -0.3 is 5.32 Å². The van der Waals surface area contributed by atoms with E-state index in [0.29, 0.717) is 11.4 Å². The molecule has 0 aromatic heterocycles. The van der Waals surface area contributed by atoms with Gasteiger partial charge in [-0.2, -0.15) is 0 Å². The van der Waals surface area contributed by atoms with Gasteiger partial charge in [0.25, 0.3) is 0 Å². The van der Waals surface area contributed by atoms with Crippen LogP contribution >= 0.6 is 11.6 Å². The molecule has 25 heavy (non-hydrogen) atoms. The highest BCUT2D eigenvalue weighted by Crippen LogP contribution is 2.37. The Kier molecular flexibility index (Phi) is 5.42. The zero-order chi connectivity index (χ0) is 18.0. The van der Waals surface area contributed by atoms with E-state index in [1.165, 1.54) is 0 Å². The standard InChI is InChI=1S/C19H23ClN2O3/c1-2-16(12-7-9-13(20)10-8-12)21-17(23)11-22-18(24)14-5-3-4-6-15(14)19(22)25/h7-10,14-16H,2-6,11H2,1H3,(H,21,23). The van der Waals surface area contributed by atoms with E-state index in [1.807, 2.05) is 19.1 Å². The van der Waals surface area contributed by atoms with Crippen LogP contribution in [0, 0.1) is 11.8 Å². The lowest BCUT2D eigenvalue weighted by molar-refractivity contribution is -0.143. The van der Waals surface area contributed by atoms with Crippen molar-refractivity contribution in [1.82, 2.24) is 10.2 Å². The first-order valence-electron chi connectivity index (χ1n) is 8.91. The number of likely N-dealkylation sites (tertiary alicyclic amines) is 1. The van der Waals surface area contributed by atoms with Gasteiger partial charge in [-0.3, -0.25) is 19.3 Å². The van der Waals surface area contributed by atoms with Crippen molar-refractivity contribution in [3.8, 4) is 0 Å². The third-order valence-electron chi connectivity index (χ3n) is 5.25. The summed E-state index contributed by atoms with van der Waals surface area (Å²) in [4.78, 5) is 38.5. The van der Waals surface area contributed by atoms with Crippen LogP contribution in [0.3, 0.4) is 0 Å². The lowest BCUT2D eigenvalue weighted by Gasteiger charge is -2.20. The third kappa shape index (κ3) is 3.71. The summed E-state index contributed by atoms with van der Waals surface area (Å²) in [5.41, 5.74) is 0.952. The van der Waals surface area contributed by atoms with E-state index in [2.05, 4.69) is 5.32 Å². The second-order valence-electron chi connectivity index (χ2n) is 6.84. The van der Waals surface area contributed by atoms with Gasteiger partial charge in [-0.1, -0.05) is 43.5 Å². The second kappa shape index (κ2) is 7.56. The zero-order valence-corrected chi connectivity index (χ0v) is 15.1. The molecule has 0 spiro atoms. The number of benzene rings is 1. The maximum atomic E-state index is 12.5. The Labute approximate surface area is 152 Å². The van der Waals surface area contributed by atoms with Gasteiger partial charge in [0.2, 0.25) is 17.7 Å². The largest absolute Gasteiger partial charge is 0.348 e. The number of halogens is 1. The van der Waals surface area contributed by atoms with Crippen molar-refractivity contribution in [1.29, 1.82) is 0 Å². The fourth-order valence-corrected chi connectivity index (χ4v) is 4.01. The molecule has 3 amide bonds. The third-order valence-corrected chi connectivity index (χ3v) is 5.50. The van der Waals surface area contributed by atoms with Gasteiger partial charge in [0.05, 0.1) is 17.9 Å². The summed E-state index contributed by atoms with van der Waals surface area (Å²) >= 11 is 5.90. The highest BCUT2D eigenvalue weighted by Gasteiger charge is 2.48. The Bertz CT molecular complexity index is 650. The molecule has 1 saturated carbocycles. The van der Waals surface area contributed by atoms with Gasteiger partial charge in [0.1, 0.15) is 6.54 Å². The molecule has 1 aromatic rings. The van der Waals surface area contributed by atoms with Gasteiger partial charge in [0.15, 0.2) is 0 Å². The first-order chi connectivity index (χ1) is 12.0. The van der Waals surface area contributed by atoms with Crippen LogP contribution in [0.5, 0.6) is 0 Å². The van der Waals surface area contributed by atoms with E-state index in [9.17, 15) is 14.4 Å². The molecule has 1 N–H and O–H groups in total. The zero-order valence-electron chi connectivity index (χ0n) is 14.3. The van der Waals surface area contributed by atoms with Crippen LogP contribution in [0.4, 0.5) is 0 Å². The molecule has 6 heteroatoms. The van der Waals surface area contributed by atoms with Crippen LogP contribution in [0.1, 0.15) is 50.6 Å². The summed E-state index contributed by atoms with van der Waals surface area (Å²) < 4.78 is 0. The fourth-order valence-electron chi connectivity index (χ4n) is 3.89. The fraction of sp³-hybridized carbons (Fsp3) is 0.526. The van der Waals surface area contributed by atoms with Crippen LogP contribution in [-0.4, -0.2) is 29.2 Å². The van der Waals surface area contributed by atoms with Gasteiger partial charge in [0, 0.05) is 5.02 Å². The molecule has 5 nitrogen and oxygen atoms in total. The van der Waals surface area contributed by atoms with Crippen molar-refractivity contribution in [3.63, 3.8) is 0 Å². The number of hydrogen-bond donors (Lipinski definition) is 1. The first-order valence-corrected chi connectivity index (χ1v) is 9.29. The first kappa shape index (κ1) is 17.9. The van der Waals surface area contributed by atoms with Crippen molar-refractivity contribution >= 4 is 29.3 Å². The molecule has 3 unspecified atom stereocenters. The van der Waals surface area contributed by atoms with Crippen molar-refractivity contribution in [3.05, 3.63) is 34.9 Å². The summed E-state index contributed by atoms with van der Waals surface area (Å²) in [6.07, 6.45) is 4.19. The topological polar surface area (TPSA) is 66.5 Å². The Hall–Kier alpha value is -1.88. The number of nitrogens with one attached hydrogen (secondary N) is 1. The molecule has 0 radical (unpaired) electrons. The molecular weight excluding hydrogens is 340 g/mol. The van der Waals surface area contributed by atoms with Crippen molar-refractivity contribution in [2.45, 2.75) is 45.1 Å². The SMILES string of the molecule is CCC(NC(=O)CN1C(=O)C2CCCCC2C1=O)c1ccc(Cl)cc1. The average Bonchev–Trinajstić information content (AvgIpc) is 2.86. The predicted molar refractivity (Wildman–Crippen MR) is 94.8 cm³/mol. The number of imide groups is 1. The summed E-state index contributed by atoms with van der Waals surface area (Å²) in [5, 5.41) is 3.56. The normalized spacial score (nSPS) is 24.2. The molecule has 134 valence electrons. The molecule has 1 aliphatic carbocycles. The minimum atomic E-state index is -0.304. The van der Waals surface area contributed by atoms with Gasteiger partial charge in [-0.15, -0.1) is 0 Å². The van der Waals surface area contributed by atoms with E-state index in [1.54, 1.807) is 12.1 Å². The van der Waals surface area contributed by atoms with Crippen molar-refractivity contribution < 1.29 is 14.4 Å². The minimum absolute atomic E-state index is 0.167. The van der Waals surface area contributed by atoms with Crippen LogP contribution in [0.2, 0.25) is 5.02 Å². The van der Waals surface area contributed by atoms with Crippen LogP contribution in [-0.2, 0) is 14.4 Å². The second-order valence-corrected chi connectivity index (χ2v) is 7.28. The van der Waals surface area contributed by atoms with Crippen molar-refractivity contribution in [2.75, 3.05) is 6.54 Å². The van der Waals surface area contributed by atoms with E-state index < -0.39 is 0 Å². The van der Waals surface area contributed by atoms with Crippen LogP contribution in [0.25, 0.3) is 0 Å². The predicted octanol–water partition coefficient (Wildman–Crippen LogP) is 3.08. The number of amides is 3. The molecule has 1 heterocycles. The number of fused-ring (bicyclic) bond motifs is 1. The highest BCUT2D eigenvalue weighted by molar-refractivity contribution is 6.30. The van der Waals surface area contributed by atoms with Gasteiger partial charge in [-0.25, -0.2) is 0 Å². The van der Waals surface area contributed by atoms with E-state index in [-0.39, 0.29) is 42.1 Å². The van der Waals surface area contributed by atoms with E-state index in [4.69, 9.17) is 11.6 Å². The molecular formula is C19H23ClN2O3. The Morgan fingerprint density at radius 2 is 1.72 bits per heavy atom. The maximum absolute atomic E-state index is 12.5. The number of carbonyl (C=O) groups excluding carboxylic acids is 3. The number of rotatable bonds is 5. The van der Waals surface area contributed by atoms with Crippen LogP contribution in [0.15, 0.2) is 24.3 Å². The molecule has 3 atom stereocenters. The molecule has 1 aliphatic heterocycles. The molecule has 2 fully saturated rings. The Morgan fingerprint density at radius 3 is 2.24 bits per heavy atom. The van der Waals surface area contributed by atoms with Gasteiger partial charge in [-0.05, 0) is 37.0 Å². The maximum Gasteiger partial charge on any atom is 0.240 e. The van der Waals surface area contributed by atoms with Crippen molar-refractivity contribution in [2.24, 2.45) is 11.8 Å². The van der Waals surface area contributed by atoms with E-state index in [0.717, 1.165) is 36.1 Å². The lowest BCUT2D eigenvalue weighted by atomic mass is 9.81. The quantitative estimate of drug-likeness (QED) is 0.818. The monoisotopic (exact) mass is 362 g/mol. The summed E-state index contributed by atoms with van der Waals surface area (Å²) in [5.74, 6) is -1.09. The number of carbonyl (C=O) groups is 3. The Balaban J connectivity index is 1.64. The van der Waals surface area contributed by atoms with E-state index >= 15 is 0 Å². The summed E-state index contributed by atoms with van der Waals surface area (Å²) in [7, 11) is 0. The summed E-state index contributed by atoms with van der Waals surface area (Å²) in [6.45, 7) is 1.79. The Morgan fingerprint density at radius 1 is 1.16 bits per heavy atom. The average molecular weight is 363 g/mol. The molecule has 0 bridgehead atoms. The lowest BCUT2D eigenvalue weighted by Crippen LogP contribution is -2.42. The highest BCUT2D eigenvalue weighted by atomic mass is 35.5. The molecule has 3 rings (SSSR count). The van der Waals surface area contributed by atoms with Gasteiger partial charge >= 0.3 is 0 Å². The number of nitrogens with zero attached hydrogens (tertiary/aromatic N) is 1. The smallest absolute Gasteiger partial charge is 0.240 e. The minimum Gasteiger partial charge on any atom is -0.348 e. The molecule has 1 saturated heterocycles. The molecule has 2 aliphatic rings. The van der Waals surface area contributed by atoms with Crippen LogP contribution < -0.4 is 5.32 Å². The number of hydrogen-bond acceptors (Lipinski definition) is 3. The summed E-state index contributed by atoms with van der Waals surface area (Å²) in [6, 6.07) is 7.14. The molecule has 1 aromatic carbocycles.